The molecule has 0 amide bonds. The van der Waals surface area contributed by atoms with Gasteiger partial charge in [-0.05, 0) is 24.1 Å². The van der Waals surface area contributed by atoms with Crippen LogP contribution in [0.5, 0.6) is 0 Å². The molecule has 0 aliphatic carbocycles. The topological polar surface area (TPSA) is 50.8 Å². The summed E-state index contributed by atoms with van der Waals surface area (Å²) in [6.45, 7) is 4.22. The molecule has 1 aliphatic rings. The number of rotatable bonds is 5. The third-order valence-corrected chi connectivity index (χ3v) is 3.77. The van der Waals surface area contributed by atoms with E-state index in [1.807, 2.05) is 24.3 Å². The molecule has 1 aliphatic heterocycles. The third kappa shape index (κ3) is 4.27. The largest absolute Gasteiger partial charge is 0.468 e. The van der Waals surface area contributed by atoms with Gasteiger partial charge in [-0.2, -0.15) is 0 Å². The van der Waals surface area contributed by atoms with Crippen molar-refractivity contribution in [1.82, 2.24) is 10.2 Å². The molecule has 0 radical (unpaired) electrons. The maximum absolute atomic E-state index is 12.2. The summed E-state index contributed by atoms with van der Waals surface area (Å²) in [6.07, 6.45) is 1.04. The maximum Gasteiger partial charge on any atom is 0.327 e. The standard InChI is InChI=1S/C16H24N2O3/c1-20-12-13-4-6-14(7-5-13)15(16(19)21-2)18-10-3-8-17-9-11-18/h4-7,15,17H,3,8-12H2,1-2H3. The number of ether oxygens (including phenoxy) is 2. The summed E-state index contributed by atoms with van der Waals surface area (Å²) in [4.78, 5) is 14.4. The summed E-state index contributed by atoms with van der Waals surface area (Å²) in [6, 6.07) is 7.67. The number of nitrogens with one attached hydrogen (secondary N) is 1. The lowest BCUT2D eigenvalue weighted by atomic mass is 10.0. The van der Waals surface area contributed by atoms with Crippen LogP contribution < -0.4 is 5.32 Å². The Balaban J connectivity index is 2.20. The number of esters is 1. The molecule has 1 fully saturated rings. The average molecular weight is 292 g/mol. The highest BCUT2D eigenvalue weighted by Gasteiger charge is 2.28. The van der Waals surface area contributed by atoms with Gasteiger partial charge < -0.3 is 14.8 Å². The van der Waals surface area contributed by atoms with Gasteiger partial charge in [-0.3, -0.25) is 4.90 Å². The van der Waals surface area contributed by atoms with Gasteiger partial charge in [-0.25, -0.2) is 4.79 Å². The van der Waals surface area contributed by atoms with E-state index < -0.39 is 0 Å². The van der Waals surface area contributed by atoms with Crippen LogP contribution in [0.15, 0.2) is 24.3 Å². The Kier molecular flexibility index (Phi) is 6.17. The van der Waals surface area contributed by atoms with E-state index in [1.165, 1.54) is 7.11 Å². The van der Waals surface area contributed by atoms with Crippen molar-refractivity contribution in [2.75, 3.05) is 40.4 Å². The molecule has 5 heteroatoms. The van der Waals surface area contributed by atoms with E-state index in [2.05, 4.69) is 10.2 Å². The predicted molar refractivity (Wildman–Crippen MR) is 81.0 cm³/mol. The second-order valence-electron chi connectivity index (χ2n) is 5.24. The van der Waals surface area contributed by atoms with E-state index >= 15 is 0 Å². The Morgan fingerprint density at radius 3 is 2.67 bits per heavy atom. The molecular weight excluding hydrogens is 268 g/mol. The smallest absolute Gasteiger partial charge is 0.327 e. The fourth-order valence-corrected chi connectivity index (χ4v) is 2.70. The second kappa shape index (κ2) is 8.12. The van der Waals surface area contributed by atoms with Crippen LogP contribution >= 0.6 is 0 Å². The number of hydrogen-bond acceptors (Lipinski definition) is 5. The third-order valence-electron chi connectivity index (χ3n) is 3.77. The van der Waals surface area contributed by atoms with Crippen molar-refractivity contribution in [1.29, 1.82) is 0 Å². The van der Waals surface area contributed by atoms with Crippen LogP contribution in [0.3, 0.4) is 0 Å². The molecule has 1 aromatic rings. The van der Waals surface area contributed by atoms with Crippen molar-refractivity contribution in [2.45, 2.75) is 19.1 Å². The number of benzene rings is 1. The minimum Gasteiger partial charge on any atom is -0.468 e. The summed E-state index contributed by atoms with van der Waals surface area (Å²) in [7, 11) is 3.13. The van der Waals surface area contributed by atoms with Gasteiger partial charge in [-0.15, -0.1) is 0 Å². The number of nitrogens with zero attached hydrogens (tertiary/aromatic N) is 1. The molecule has 0 spiro atoms. The van der Waals surface area contributed by atoms with E-state index in [0.29, 0.717) is 6.61 Å². The molecule has 1 aromatic carbocycles. The van der Waals surface area contributed by atoms with Crippen LogP contribution in [0.2, 0.25) is 0 Å². The van der Waals surface area contributed by atoms with Crippen LogP contribution in [0, 0.1) is 0 Å². The Hall–Kier alpha value is -1.43. The molecule has 2 rings (SSSR count). The lowest BCUT2D eigenvalue weighted by molar-refractivity contribution is -0.147. The van der Waals surface area contributed by atoms with E-state index in [9.17, 15) is 4.79 Å². The number of carbonyl (C=O) groups is 1. The first-order valence-electron chi connectivity index (χ1n) is 7.36. The summed E-state index contributed by atoms with van der Waals surface area (Å²) < 4.78 is 10.1. The molecule has 5 nitrogen and oxygen atoms in total. The van der Waals surface area contributed by atoms with Gasteiger partial charge >= 0.3 is 5.97 Å². The summed E-state index contributed by atoms with van der Waals surface area (Å²) in [5.74, 6) is -0.198. The number of methoxy groups -OCH3 is 2. The van der Waals surface area contributed by atoms with Crippen molar-refractivity contribution in [2.24, 2.45) is 0 Å². The predicted octanol–water partition coefficient (Wildman–Crippen LogP) is 1.34. The van der Waals surface area contributed by atoms with Crippen molar-refractivity contribution < 1.29 is 14.3 Å². The highest BCUT2D eigenvalue weighted by molar-refractivity contribution is 5.77. The van der Waals surface area contributed by atoms with Crippen molar-refractivity contribution >= 4 is 5.97 Å². The molecule has 0 saturated carbocycles. The van der Waals surface area contributed by atoms with Gasteiger partial charge in [0.05, 0.1) is 13.7 Å². The van der Waals surface area contributed by atoms with E-state index in [4.69, 9.17) is 9.47 Å². The monoisotopic (exact) mass is 292 g/mol. The molecule has 1 N–H and O–H groups in total. The minimum atomic E-state index is -0.327. The van der Waals surface area contributed by atoms with Gasteiger partial charge in [-0.1, -0.05) is 24.3 Å². The molecule has 116 valence electrons. The fraction of sp³-hybridized carbons (Fsp3) is 0.562. The average Bonchev–Trinajstić information content (AvgIpc) is 2.78. The van der Waals surface area contributed by atoms with Gasteiger partial charge in [0.25, 0.3) is 0 Å². The molecular formula is C16H24N2O3. The minimum absolute atomic E-state index is 0.198. The molecule has 1 heterocycles. The van der Waals surface area contributed by atoms with Crippen molar-refractivity contribution in [3.05, 3.63) is 35.4 Å². The first-order chi connectivity index (χ1) is 10.3. The van der Waals surface area contributed by atoms with Crippen LogP contribution in [0.4, 0.5) is 0 Å². The van der Waals surface area contributed by atoms with Gasteiger partial charge in [0.1, 0.15) is 6.04 Å². The van der Waals surface area contributed by atoms with Crippen molar-refractivity contribution in [3.63, 3.8) is 0 Å². The molecule has 1 atom stereocenters. The summed E-state index contributed by atoms with van der Waals surface area (Å²) in [5.41, 5.74) is 2.08. The van der Waals surface area contributed by atoms with Crippen LogP contribution in [-0.2, 0) is 20.9 Å². The Labute approximate surface area is 126 Å². The number of hydrogen-bond donors (Lipinski definition) is 1. The van der Waals surface area contributed by atoms with Gasteiger partial charge in [0, 0.05) is 26.7 Å². The highest BCUT2D eigenvalue weighted by Crippen LogP contribution is 2.23. The summed E-state index contributed by atoms with van der Waals surface area (Å²) >= 11 is 0. The van der Waals surface area contributed by atoms with Crippen LogP contribution in [-0.4, -0.2) is 51.3 Å². The Morgan fingerprint density at radius 1 is 1.24 bits per heavy atom. The van der Waals surface area contributed by atoms with Crippen LogP contribution in [0.25, 0.3) is 0 Å². The van der Waals surface area contributed by atoms with E-state index in [1.54, 1.807) is 7.11 Å². The first kappa shape index (κ1) is 15.9. The van der Waals surface area contributed by atoms with Crippen molar-refractivity contribution in [3.8, 4) is 0 Å². The number of carbonyl (C=O) groups excluding carboxylic acids is 1. The second-order valence-corrected chi connectivity index (χ2v) is 5.24. The lowest BCUT2D eigenvalue weighted by Gasteiger charge is -2.28. The molecule has 1 saturated heterocycles. The normalized spacial score (nSPS) is 18.0. The Morgan fingerprint density at radius 2 is 2.00 bits per heavy atom. The first-order valence-corrected chi connectivity index (χ1v) is 7.36. The zero-order valence-electron chi connectivity index (χ0n) is 12.8. The SMILES string of the molecule is COCc1ccc(C(C(=O)OC)N2CCCNCC2)cc1. The molecule has 0 aromatic heterocycles. The zero-order chi connectivity index (χ0) is 15.1. The molecule has 21 heavy (non-hydrogen) atoms. The van der Waals surface area contributed by atoms with Gasteiger partial charge in [0.2, 0.25) is 0 Å². The molecule has 1 unspecified atom stereocenters. The van der Waals surface area contributed by atoms with E-state index in [-0.39, 0.29) is 12.0 Å². The van der Waals surface area contributed by atoms with Gasteiger partial charge in [0.15, 0.2) is 0 Å². The van der Waals surface area contributed by atoms with E-state index in [0.717, 1.165) is 43.7 Å². The highest BCUT2D eigenvalue weighted by atomic mass is 16.5. The quantitative estimate of drug-likeness (QED) is 0.830. The Bertz CT molecular complexity index is 439. The lowest BCUT2D eigenvalue weighted by Crippen LogP contribution is -2.37. The summed E-state index contributed by atoms with van der Waals surface area (Å²) in [5, 5.41) is 3.36. The molecule has 0 bridgehead atoms. The maximum atomic E-state index is 12.2. The zero-order valence-corrected chi connectivity index (χ0v) is 12.8. The van der Waals surface area contributed by atoms with Crippen LogP contribution in [0.1, 0.15) is 23.6 Å². The fourth-order valence-electron chi connectivity index (χ4n) is 2.70.